The van der Waals surface area contributed by atoms with Gasteiger partial charge in [-0.05, 0) is 18.2 Å². The summed E-state index contributed by atoms with van der Waals surface area (Å²) in [6, 6.07) is 5.25. The van der Waals surface area contributed by atoms with Crippen LogP contribution in [0.5, 0.6) is 0 Å². The summed E-state index contributed by atoms with van der Waals surface area (Å²) in [6.45, 7) is -0.0309. The van der Waals surface area contributed by atoms with Gasteiger partial charge in [-0.15, -0.1) is 0 Å². The van der Waals surface area contributed by atoms with Gasteiger partial charge in [0.05, 0.1) is 6.54 Å². The zero-order chi connectivity index (χ0) is 9.97. The first-order valence-electron chi connectivity index (χ1n) is 4.10. The van der Waals surface area contributed by atoms with Crippen LogP contribution in [-0.4, -0.2) is 27.9 Å². The summed E-state index contributed by atoms with van der Waals surface area (Å²) in [6.07, 6.45) is 0. The van der Waals surface area contributed by atoms with E-state index < -0.39 is 0 Å². The molecule has 1 aromatic carbocycles. The molecule has 2 aromatic rings. The highest BCUT2D eigenvalue weighted by Gasteiger charge is 2.02. The van der Waals surface area contributed by atoms with Crippen LogP contribution in [0.3, 0.4) is 0 Å². The standard InChI is InChI=1S/C8H9N5O/c9-4-8(14)10-5-1-2-6-7(3-5)12-13-11-6/h1-3H,4,9H2,(H,10,14)(H,11,12,13). The van der Waals surface area contributed by atoms with E-state index in [1.807, 2.05) is 0 Å². The third-order valence-corrected chi connectivity index (χ3v) is 1.79. The number of anilines is 1. The fourth-order valence-electron chi connectivity index (χ4n) is 1.13. The zero-order valence-electron chi connectivity index (χ0n) is 7.32. The zero-order valence-corrected chi connectivity index (χ0v) is 7.32. The second kappa shape index (κ2) is 3.43. The maximum Gasteiger partial charge on any atom is 0.238 e. The number of rotatable bonds is 2. The van der Waals surface area contributed by atoms with Gasteiger partial charge in [-0.1, -0.05) is 0 Å². The Morgan fingerprint density at radius 1 is 1.43 bits per heavy atom. The number of carbonyl (C=O) groups is 1. The predicted octanol–water partition coefficient (Wildman–Crippen LogP) is -0.145. The van der Waals surface area contributed by atoms with Crippen LogP contribution in [0.15, 0.2) is 18.2 Å². The Kier molecular flexibility index (Phi) is 2.11. The molecule has 0 atom stereocenters. The SMILES string of the molecule is NCC(=O)Nc1ccc2n[nH]nc2c1. The molecule has 2 rings (SSSR count). The fourth-order valence-corrected chi connectivity index (χ4v) is 1.13. The number of nitrogens with two attached hydrogens (primary N) is 1. The van der Waals surface area contributed by atoms with Gasteiger partial charge in [-0.25, -0.2) is 0 Å². The highest BCUT2D eigenvalue weighted by atomic mass is 16.1. The molecular formula is C8H9N5O. The van der Waals surface area contributed by atoms with Gasteiger partial charge >= 0.3 is 0 Å². The third-order valence-electron chi connectivity index (χ3n) is 1.79. The third kappa shape index (κ3) is 1.55. The van der Waals surface area contributed by atoms with Crippen LogP contribution in [-0.2, 0) is 4.79 Å². The van der Waals surface area contributed by atoms with E-state index >= 15 is 0 Å². The Bertz CT molecular complexity index is 463. The number of aromatic amines is 1. The lowest BCUT2D eigenvalue weighted by molar-refractivity contribution is -0.114. The molecule has 4 N–H and O–H groups in total. The summed E-state index contributed by atoms with van der Waals surface area (Å²) in [7, 11) is 0. The highest BCUT2D eigenvalue weighted by molar-refractivity contribution is 5.93. The summed E-state index contributed by atoms with van der Waals surface area (Å²) in [5, 5.41) is 12.9. The molecule has 72 valence electrons. The van der Waals surface area contributed by atoms with Crippen molar-refractivity contribution in [2.75, 3.05) is 11.9 Å². The van der Waals surface area contributed by atoms with E-state index in [1.54, 1.807) is 18.2 Å². The van der Waals surface area contributed by atoms with Crippen molar-refractivity contribution in [3.8, 4) is 0 Å². The lowest BCUT2D eigenvalue weighted by Crippen LogP contribution is -2.21. The molecule has 1 amide bonds. The normalized spacial score (nSPS) is 10.4. The number of carbonyl (C=O) groups excluding carboxylic acids is 1. The van der Waals surface area contributed by atoms with Crippen molar-refractivity contribution in [3.05, 3.63) is 18.2 Å². The Hall–Kier alpha value is -1.95. The van der Waals surface area contributed by atoms with E-state index in [4.69, 9.17) is 5.73 Å². The van der Waals surface area contributed by atoms with Crippen LogP contribution >= 0.6 is 0 Å². The van der Waals surface area contributed by atoms with Crippen LogP contribution in [0.25, 0.3) is 11.0 Å². The molecule has 0 unspecified atom stereocenters. The van der Waals surface area contributed by atoms with Gasteiger partial charge in [0.1, 0.15) is 11.0 Å². The van der Waals surface area contributed by atoms with Gasteiger partial charge in [0.15, 0.2) is 0 Å². The van der Waals surface area contributed by atoms with Crippen molar-refractivity contribution in [2.45, 2.75) is 0 Å². The number of nitrogens with one attached hydrogen (secondary N) is 2. The maximum absolute atomic E-state index is 11.0. The highest BCUT2D eigenvalue weighted by Crippen LogP contribution is 2.14. The average molecular weight is 191 g/mol. The summed E-state index contributed by atoms with van der Waals surface area (Å²) in [5.74, 6) is -0.229. The minimum Gasteiger partial charge on any atom is -0.325 e. The van der Waals surface area contributed by atoms with Crippen LogP contribution in [0.2, 0.25) is 0 Å². The molecule has 14 heavy (non-hydrogen) atoms. The Morgan fingerprint density at radius 3 is 3.00 bits per heavy atom. The average Bonchev–Trinajstić information content (AvgIpc) is 2.64. The molecule has 0 saturated carbocycles. The van der Waals surface area contributed by atoms with E-state index in [1.165, 1.54) is 0 Å². The van der Waals surface area contributed by atoms with E-state index in [9.17, 15) is 4.79 Å². The molecule has 0 saturated heterocycles. The molecule has 0 bridgehead atoms. The second-order valence-corrected chi connectivity index (χ2v) is 2.78. The molecule has 0 aliphatic rings. The minimum atomic E-state index is -0.229. The number of aromatic nitrogens is 3. The van der Waals surface area contributed by atoms with Crippen molar-refractivity contribution in [1.82, 2.24) is 15.4 Å². The molecule has 1 heterocycles. The maximum atomic E-state index is 11.0. The quantitative estimate of drug-likeness (QED) is 0.615. The lowest BCUT2D eigenvalue weighted by atomic mass is 10.3. The van der Waals surface area contributed by atoms with Crippen LogP contribution < -0.4 is 11.1 Å². The smallest absolute Gasteiger partial charge is 0.238 e. The lowest BCUT2D eigenvalue weighted by Gasteiger charge is -2.01. The van der Waals surface area contributed by atoms with Gasteiger partial charge in [0, 0.05) is 5.69 Å². The molecule has 1 aromatic heterocycles. The van der Waals surface area contributed by atoms with Crippen molar-refractivity contribution in [1.29, 1.82) is 0 Å². The first-order valence-corrected chi connectivity index (χ1v) is 4.10. The van der Waals surface area contributed by atoms with Crippen molar-refractivity contribution in [3.63, 3.8) is 0 Å². The molecule has 0 aliphatic carbocycles. The number of H-pyrrole nitrogens is 1. The van der Waals surface area contributed by atoms with Gasteiger partial charge in [-0.3, -0.25) is 4.79 Å². The number of hydrogen-bond donors (Lipinski definition) is 3. The first-order chi connectivity index (χ1) is 6.79. The van der Waals surface area contributed by atoms with Crippen molar-refractivity contribution < 1.29 is 4.79 Å². The first kappa shape index (κ1) is 8.64. The Morgan fingerprint density at radius 2 is 2.21 bits per heavy atom. The summed E-state index contributed by atoms with van der Waals surface area (Å²) in [4.78, 5) is 11.0. The molecule has 6 heteroatoms. The van der Waals surface area contributed by atoms with Crippen LogP contribution in [0, 0.1) is 0 Å². The number of hydrogen-bond acceptors (Lipinski definition) is 4. The topological polar surface area (TPSA) is 96.7 Å². The van der Waals surface area contributed by atoms with Crippen LogP contribution in [0.4, 0.5) is 5.69 Å². The largest absolute Gasteiger partial charge is 0.325 e. The molecule has 0 radical (unpaired) electrons. The van der Waals surface area contributed by atoms with Crippen molar-refractivity contribution in [2.24, 2.45) is 5.73 Å². The number of amides is 1. The predicted molar refractivity (Wildman–Crippen MR) is 51.6 cm³/mol. The van der Waals surface area contributed by atoms with E-state index in [0.29, 0.717) is 11.2 Å². The Labute approximate surface area is 79.5 Å². The van der Waals surface area contributed by atoms with Crippen LogP contribution in [0.1, 0.15) is 0 Å². The van der Waals surface area contributed by atoms with Gasteiger partial charge in [0.2, 0.25) is 5.91 Å². The van der Waals surface area contributed by atoms with Crippen molar-refractivity contribution >= 4 is 22.6 Å². The van der Waals surface area contributed by atoms with E-state index in [-0.39, 0.29) is 12.5 Å². The minimum absolute atomic E-state index is 0.0309. The fraction of sp³-hybridized carbons (Fsp3) is 0.125. The van der Waals surface area contributed by atoms with Gasteiger partial charge < -0.3 is 11.1 Å². The molecule has 0 spiro atoms. The Balaban J connectivity index is 2.30. The molecule has 0 fully saturated rings. The number of benzene rings is 1. The van der Waals surface area contributed by atoms with E-state index in [0.717, 1.165) is 5.52 Å². The van der Waals surface area contributed by atoms with E-state index in [2.05, 4.69) is 20.7 Å². The molecule has 6 nitrogen and oxygen atoms in total. The number of nitrogens with zero attached hydrogens (tertiary/aromatic N) is 2. The summed E-state index contributed by atoms with van der Waals surface area (Å²) >= 11 is 0. The van der Waals surface area contributed by atoms with Gasteiger partial charge in [0.25, 0.3) is 0 Å². The monoisotopic (exact) mass is 191 g/mol. The molecular weight excluding hydrogens is 182 g/mol. The summed E-state index contributed by atoms with van der Waals surface area (Å²) < 4.78 is 0. The number of fused-ring (bicyclic) bond motifs is 1. The summed E-state index contributed by atoms with van der Waals surface area (Å²) in [5.41, 5.74) is 7.30. The molecule has 0 aliphatic heterocycles. The van der Waals surface area contributed by atoms with Gasteiger partial charge in [-0.2, -0.15) is 15.4 Å². The second-order valence-electron chi connectivity index (χ2n) is 2.78.